The fraction of sp³-hybridized carbons (Fsp3) is 0.611. The van der Waals surface area contributed by atoms with Crippen molar-refractivity contribution in [2.75, 3.05) is 25.0 Å². The molecule has 1 saturated heterocycles. The van der Waals surface area contributed by atoms with E-state index < -0.39 is 0 Å². The highest BCUT2D eigenvalue weighted by molar-refractivity contribution is 5.93. The summed E-state index contributed by atoms with van der Waals surface area (Å²) in [6.07, 6.45) is 1.80. The third kappa shape index (κ3) is 4.55. The highest BCUT2D eigenvalue weighted by Gasteiger charge is 2.24. The second-order valence-electron chi connectivity index (χ2n) is 6.67. The average Bonchev–Trinajstić information content (AvgIpc) is 2.47. The summed E-state index contributed by atoms with van der Waals surface area (Å²) in [6.45, 7) is 8.23. The third-order valence-corrected chi connectivity index (χ3v) is 4.45. The maximum absolute atomic E-state index is 12.3. The van der Waals surface area contributed by atoms with Crippen molar-refractivity contribution in [1.29, 1.82) is 0 Å². The highest BCUT2D eigenvalue weighted by Crippen LogP contribution is 2.24. The zero-order valence-corrected chi connectivity index (χ0v) is 13.9. The van der Waals surface area contributed by atoms with Crippen LogP contribution in [-0.4, -0.2) is 41.7 Å². The van der Waals surface area contributed by atoms with Gasteiger partial charge in [-0.25, -0.2) is 0 Å². The molecule has 2 atom stereocenters. The molecule has 2 rings (SSSR count). The molecule has 2 unspecified atom stereocenters. The van der Waals surface area contributed by atoms with Gasteiger partial charge in [-0.3, -0.25) is 9.69 Å². The minimum Gasteiger partial charge on any atom is -0.393 e. The summed E-state index contributed by atoms with van der Waals surface area (Å²) in [6, 6.07) is 7.97. The number of nitrogens with one attached hydrogen (secondary N) is 1. The van der Waals surface area contributed by atoms with Crippen molar-refractivity contribution in [2.45, 2.75) is 45.6 Å². The normalized spacial score (nSPS) is 20.9. The second-order valence-corrected chi connectivity index (χ2v) is 6.67. The fourth-order valence-corrected chi connectivity index (χ4v) is 3.14. The van der Waals surface area contributed by atoms with E-state index in [1.807, 2.05) is 25.1 Å². The van der Waals surface area contributed by atoms with Crippen molar-refractivity contribution in [3.8, 4) is 0 Å². The van der Waals surface area contributed by atoms with Gasteiger partial charge in [-0.15, -0.1) is 0 Å². The summed E-state index contributed by atoms with van der Waals surface area (Å²) in [5.74, 6) is 0.690. The van der Waals surface area contributed by atoms with Crippen LogP contribution in [0.1, 0.15) is 45.1 Å². The van der Waals surface area contributed by atoms with Crippen molar-refractivity contribution >= 4 is 11.6 Å². The van der Waals surface area contributed by atoms with Gasteiger partial charge in [0.05, 0.1) is 12.6 Å². The van der Waals surface area contributed by atoms with Crippen LogP contribution >= 0.6 is 0 Å². The highest BCUT2D eigenvalue weighted by atomic mass is 16.3. The van der Waals surface area contributed by atoms with Crippen LogP contribution in [0.5, 0.6) is 0 Å². The van der Waals surface area contributed by atoms with Crippen LogP contribution in [0.4, 0.5) is 5.69 Å². The minimum absolute atomic E-state index is 0.0272. The Balaban J connectivity index is 1.93. The molecule has 22 heavy (non-hydrogen) atoms. The first-order valence-electron chi connectivity index (χ1n) is 8.26. The van der Waals surface area contributed by atoms with Gasteiger partial charge < -0.3 is 10.4 Å². The number of likely N-dealkylation sites (tertiary alicyclic amines) is 1. The maximum Gasteiger partial charge on any atom is 0.238 e. The van der Waals surface area contributed by atoms with Gasteiger partial charge in [0.2, 0.25) is 5.91 Å². The van der Waals surface area contributed by atoms with Gasteiger partial charge in [0, 0.05) is 12.2 Å². The lowest BCUT2D eigenvalue weighted by molar-refractivity contribution is -0.118. The number of piperidine rings is 1. The van der Waals surface area contributed by atoms with E-state index in [4.69, 9.17) is 0 Å². The van der Waals surface area contributed by atoms with Crippen LogP contribution < -0.4 is 5.32 Å². The number of carbonyl (C=O) groups is 1. The van der Waals surface area contributed by atoms with Crippen LogP contribution in [0.15, 0.2) is 24.3 Å². The molecule has 1 heterocycles. The smallest absolute Gasteiger partial charge is 0.238 e. The molecule has 2 N–H and O–H groups in total. The van der Waals surface area contributed by atoms with Crippen molar-refractivity contribution in [2.24, 2.45) is 5.92 Å². The summed E-state index contributed by atoms with van der Waals surface area (Å²) in [5.41, 5.74) is 2.07. The van der Waals surface area contributed by atoms with Crippen LogP contribution in [0.2, 0.25) is 0 Å². The minimum atomic E-state index is -0.299. The van der Waals surface area contributed by atoms with Gasteiger partial charge in [0.1, 0.15) is 0 Å². The van der Waals surface area contributed by atoms with E-state index in [9.17, 15) is 9.90 Å². The van der Waals surface area contributed by atoms with E-state index >= 15 is 0 Å². The molecule has 4 heteroatoms. The number of para-hydroxylation sites is 1. The number of nitrogens with zero attached hydrogens (tertiary/aromatic N) is 1. The first-order chi connectivity index (χ1) is 10.5. The van der Waals surface area contributed by atoms with Crippen LogP contribution in [0.3, 0.4) is 0 Å². The molecule has 1 amide bonds. The number of rotatable bonds is 5. The van der Waals surface area contributed by atoms with Crippen LogP contribution in [0.25, 0.3) is 0 Å². The fourth-order valence-electron chi connectivity index (χ4n) is 3.14. The zero-order valence-electron chi connectivity index (χ0n) is 13.9. The molecular weight excluding hydrogens is 276 g/mol. The number of carbonyl (C=O) groups excluding carboxylic acids is 1. The van der Waals surface area contributed by atoms with E-state index in [0.29, 0.717) is 12.5 Å². The Hall–Kier alpha value is -1.39. The summed E-state index contributed by atoms with van der Waals surface area (Å²) >= 11 is 0. The van der Waals surface area contributed by atoms with Gasteiger partial charge in [0.25, 0.3) is 0 Å². The Labute approximate surface area is 133 Å². The van der Waals surface area contributed by atoms with E-state index in [2.05, 4.69) is 30.1 Å². The lowest BCUT2D eigenvalue weighted by atomic mass is 9.93. The van der Waals surface area contributed by atoms with E-state index in [1.54, 1.807) is 0 Å². The lowest BCUT2D eigenvalue weighted by Gasteiger charge is -2.33. The Bertz CT molecular complexity index is 500. The third-order valence-electron chi connectivity index (χ3n) is 4.45. The molecule has 0 radical (unpaired) electrons. The van der Waals surface area contributed by atoms with E-state index in [1.165, 1.54) is 0 Å². The molecule has 1 fully saturated rings. The molecule has 0 spiro atoms. The molecule has 0 bridgehead atoms. The molecule has 0 aromatic heterocycles. The number of benzene rings is 1. The number of hydrogen-bond acceptors (Lipinski definition) is 3. The molecular formula is C18H28N2O2. The van der Waals surface area contributed by atoms with Gasteiger partial charge in [0.15, 0.2) is 0 Å². The van der Waals surface area contributed by atoms with E-state index in [0.717, 1.165) is 37.2 Å². The standard InChI is InChI=1S/C18H28N2O2/c1-13(2)16-8-4-5-9-17(16)19-18(22)12-20-10-6-7-15(11-20)14(3)21/h4-5,8-9,13-15,21H,6-7,10-12H2,1-3H3,(H,19,22). The number of anilines is 1. The molecule has 1 aliphatic heterocycles. The SMILES string of the molecule is CC(C)c1ccccc1NC(=O)CN1CCCC(C(C)O)C1. The largest absolute Gasteiger partial charge is 0.393 e. The predicted octanol–water partition coefficient (Wildman–Crippen LogP) is 2.84. The number of aliphatic hydroxyl groups is 1. The van der Waals surface area contributed by atoms with Crippen molar-refractivity contribution in [3.05, 3.63) is 29.8 Å². The van der Waals surface area contributed by atoms with Gasteiger partial charge in [-0.1, -0.05) is 32.0 Å². The number of hydrogen-bond donors (Lipinski definition) is 2. The first kappa shape index (κ1) is 17.0. The number of amides is 1. The molecule has 0 aliphatic carbocycles. The summed E-state index contributed by atoms with van der Waals surface area (Å²) in [4.78, 5) is 14.5. The molecule has 0 saturated carbocycles. The lowest BCUT2D eigenvalue weighted by Crippen LogP contribution is -2.43. The van der Waals surface area contributed by atoms with Crippen molar-refractivity contribution < 1.29 is 9.90 Å². The van der Waals surface area contributed by atoms with Crippen LogP contribution in [0, 0.1) is 5.92 Å². The Morgan fingerprint density at radius 3 is 2.77 bits per heavy atom. The topological polar surface area (TPSA) is 52.6 Å². The quantitative estimate of drug-likeness (QED) is 0.879. The second kappa shape index (κ2) is 7.75. The van der Waals surface area contributed by atoms with Gasteiger partial charge in [-0.2, -0.15) is 0 Å². The van der Waals surface area contributed by atoms with E-state index in [-0.39, 0.29) is 17.9 Å². The molecule has 4 nitrogen and oxygen atoms in total. The van der Waals surface area contributed by atoms with Gasteiger partial charge in [-0.05, 0) is 49.8 Å². The van der Waals surface area contributed by atoms with Crippen molar-refractivity contribution in [3.63, 3.8) is 0 Å². The molecule has 1 aliphatic rings. The number of aliphatic hydroxyl groups excluding tert-OH is 1. The molecule has 122 valence electrons. The summed E-state index contributed by atoms with van der Waals surface area (Å²) in [7, 11) is 0. The summed E-state index contributed by atoms with van der Waals surface area (Å²) < 4.78 is 0. The predicted molar refractivity (Wildman–Crippen MR) is 90.0 cm³/mol. The molecule has 1 aromatic rings. The van der Waals surface area contributed by atoms with Crippen LogP contribution in [-0.2, 0) is 4.79 Å². The zero-order chi connectivity index (χ0) is 16.1. The maximum atomic E-state index is 12.3. The molecule has 1 aromatic carbocycles. The Morgan fingerprint density at radius 2 is 2.09 bits per heavy atom. The first-order valence-corrected chi connectivity index (χ1v) is 8.26. The van der Waals surface area contributed by atoms with Crippen molar-refractivity contribution in [1.82, 2.24) is 4.90 Å². The monoisotopic (exact) mass is 304 g/mol. The Morgan fingerprint density at radius 1 is 1.36 bits per heavy atom. The Kier molecular flexibility index (Phi) is 5.98. The average molecular weight is 304 g/mol. The van der Waals surface area contributed by atoms with Gasteiger partial charge >= 0.3 is 0 Å². The summed E-state index contributed by atoms with van der Waals surface area (Å²) in [5, 5.41) is 12.8.